The molecule has 5 nitrogen and oxygen atoms in total. The van der Waals surface area contributed by atoms with E-state index in [-0.39, 0.29) is 29.8 Å². The van der Waals surface area contributed by atoms with Crippen molar-refractivity contribution in [3.05, 3.63) is 34.5 Å². The van der Waals surface area contributed by atoms with Crippen LogP contribution < -0.4 is 5.32 Å². The highest BCUT2D eigenvalue weighted by Gasteiger charge is 2.66. The van der Waals surface area contributed by atoms with Crippen LogP contribution in [0, 0.1) is 11.8 Å². The molecule has 6 heteroatoms. The van der Waals surface area contributed by atoms with Crippen molar-refractivity contribution >= 4 is 23.2 Å². The molecule has 4 heterocycles. The molecule has 4 aliphatic rings. The van der Waals surface area contributed by atoms with Crippen molar-refractivity contribution in [3.63, 3.8) is 0 Å². The number of thiophene rings is 1. The third-order valence-electron chi connectivity index (χ3n) is 5.33. The first kappa shape index (κ1) is 13.7. The van der Waals surface area contributed by atoms with Gasteiger partial charge in [-0.1, -0.05) is 18.2 Å². The van der Waals surface area contributed by atoms with Crippen LogP contribution in [-0.4, -0.2) is 41.0 Å². The van der Waals surface area contributed by atoms with Gasteiger partial charge in [-0.15, -0.1) is 11.3 Å². The van der Waals surface area contributed by atoms with Gasteiger partial charge in [-0.3, -0.25) is 9.59 Å². The van der Waals surface area contributed by atoms with Gasteiger partial charge in [0.05, 0.1) is 31.0 Å². The maximum atomic E-state index is 13.0. The molecule has 1 N–H and O–H groups in total. The van der Waals surface area contributed by atoms with Crippen molar-refractivity contribution in [3.8, 4) is 0 Å². The summed E-state index contributed by atoms with van der Waals surface area (Å²) in [4.78, 5) is 28.6. The minimum absolute atomic E-state index is 0.0138. The van der Waals surface area contributed by atoms with Crippen LogP contribution in [0.3, 0.4) is 0 Å². The lowest BCUT2D eigenvalue weighted by atomic mass is 9.77. The molecule has 120 valence electrons. The molecule has 0 aromatic carbocycles. The van der Waals surface area contributed by atoms with Gasteiger partial charge in [-0.25, -0.2) is 0 Å². The Morgan fingerprint density at radius 3 is 3.09 bits per heavy atom. The Bertz CT molecular complexity index is 697. The third-order valence-corrected chi connectivity index (χ3v) is 6.19. The van der Waals surface area contributed by atoms with Crippen LogP contribution >= 0.6 is 11.3 Å². The lowest BCUT2D eigenvalue weighted by Crippen LogP contribution is -2.44. The van der Waals surface area contributed by atoms with E-state index in [2.05, 4.69) is 5.32 Å². The number of carbonyl (C=O) groups excluding carboxylic acids is 2. The van der Waals surface area contributed by atoms with E-state index in [1.54, 1.807) is 11.3 Å². The van der Waals surface area contributed by atoms with Crippen molar-refractivity contribution in [2.45, 2.75) is 37.1 Å². The van der Waals surface area contributed by atoms with Gasteiger partial charge in [-0.05, 0) is 24.3 Å². The topological polar surface area (TPSA) is 58.6 Å². The molecule has 4 atom stereocenters. The average Bonchev–Trinajstić information content (AvgIpc) is 2.93. The van der Waals surface area contributed by atoms with Crippen LogP contribution in [0.5, 0.6) is 0 Å². The molecule has 1 aromatic rings. The Kier molecular flexibility index (Phi) is 2.79. The number of likely N-dealkylation sites (tertiary alicyclic amines) is 1. The normalized spacial score (nSPS) is 37.5. The number of hydrogen-bond donors (Lipinski definition) is 1. The van der Waals surface area contributed by atoms with Gasteiger partial charge in [0.2, 0.25) is 11.8 Å². The quantitative estimate of drug-likeness (QED) is 0.847. The fraction of sp³-hybridized carbons (Fsp3) is 0.529. The zero-order valence-electron chi connectivity index (χ0n) is 12.6. The summed E-state index contributed by atoms with van der Waals surface area (Å²) in [6.07, 6.45) is 5.83. The molecule has 1 aliphatic carbocycles. The minimum Gasteiger partial charge on any atom is -0.360 e. The van der Waals surface area contributed by atoms with Gasteiger partial charge in [0.25, 0.3) is 0 Å². The SMILES string of the molecule is O=C(NC1CC1)C1C2C=CC3(CN(Cc4cccs4)C(=O)C13)O2. The second-order valence-corrected chi connectivity index (χ2v) is 7.99. The van der Waals surface area contributed by atoms with Gasteiger partial charge >= 0.3 is 0 Å². The molecule has 4 unspecified atom stereocenters. The molecule has 1 spiro atoms. The highest BCUT2D eigenvalue weighted by atomic mass is 32.1. The Morgan fingerprint density at radius 2 is 2.35 bits per heavy atom. The molecule has 23 heavy (non-hydrogen) atoms. The van der Waals surface area contributed by atoms with Crippen molar-refractivity contribution in [1.29, 1.82) is 0 Å². The number of nitrogens with zero attached hydrogens (tertiary/aromatic N) is 1. The number of fused-ring (bicyclic) bond motifs is 1. The van der Waals surface area contributed by atoms with Crippen LogP contribution in [0.2, 0.25) is 0 Å². The second kappa shape index (κ2) is 4.68. The molecule has 3 aliphatic heterocycles. The Hall–Kier alpha value is -1.66. The first-order chi connectivity index (χ1) is 11.2. The van der Waals surface area contributed by atoms with E-state index >= 15 is 0 Å². The van der Waals surface area contributed by atoms with Crippen molar-refractivity contribution in [2.75, 3.05) is 6.54 Å². The van der Waals surface area contributed by atoms with Crippen molar-refractivity contribution in [1.82, 2.24) is 10.2 Å². The molecule has 1 aromatic heterocycles. The first-order valence-corrected chi connectivity index (χ1v) is 9.03. The van der Waals surface area contributed by atoms with Gasteiger partial charge in [0.1, 0.15) is 5.60 Å². The maximum Gasteiger partial charge on any atom is 0.230 e. The van der Waals surface area contributed by atoms with Crippen LogP contribution in [0.4, 0.5) is 0 Å². The van der Waals surface area contributed by atoms with E-state index in [0.29, 0.717) is 19.1 Å². The fourth-order valence-corrected chi connectivity index (χ4v) is 4.85. The lowest BCUT2D eigenvalue weighted by Gasteiger charge is -2.23. The lowest BCUT2D eigenvalue weighted by molar-refractivity contribution is -0.137. The average molecular weight is 330 g/mol. The molecular weight excluding hydrogens is 312 g/mol. The predicted octanol–water partition coefficient (Wildman–Crippen LogP) is 1.31. The standard InChI is InChI=1S/C17H18N2O3S/c20-15(18-10-3-4-10)13-12-5-6-17(22-12)9-19(16(21)14(13)17)8-11-2-1-7-23-11/h1-2,5-7,10,12-14H,3-4,8-9H2,(H,18,20). The monoisotopic (exact) mass is 330 g/mol. The first-order valence-electron chi connectivity index (χ1n) is 8.15. The van der Waals surface area contributed by atoms with Crippen LogP contribution in [0.25, 0.3) is 0 Å². The Labute approximate surface area is 138 Å². The van der Waals surface area contributed by atoms with Gasteiger partial charge in [0.15, 0.2) is 0 Å². The zero-order chi connectivity index (χ0) is 15.6. The van der Waals surface area contributed by atoms with E-state index in [0.717, 1.165) is 17.7 Å². The number of rotatable bonds is 4. The van der Waals surface area contributed by atoms with Crippen LogP contribution in [0.1, 0.15) is 17.7 Å². The molecule has 2 amide bonds. The van der Waals surface area contributed by atoms with E-state index in [1.165, 1.54) is 0 Å². The van der Waals surface area contributed by atoms with Gasteiger partial charge in [0, 0.05) is 10.9 Å². The van der Waals surface area contributed by atoms with Gasteiger partial charge < -0.3 is 15.0 Å². The molecule has 3 fully saturated rings. The summed E-state index contributed by atoms with van der Waals surface area (Å²) in [5.74, 6) is -0.695. The van der Waals surface area contributed by atoms with Crippen LogP contribution in [0.15, 0.2) is 29.7 Å². The van der Waals surface area contributed by atoms with Gasteiger partial charge in [-0.2, -0.15) is 0 Å². The molecule has 5 rings (SSSR count). The van der Waals surface area contributed by atoms with Crippen LogP contribution in [-0.2, 0) is 20.9 Å². The zero-order valence-corrected chi connectivity index (χ0v) is 13.4. The minimum atomic E-state index is -0.593. The fourth-order valence-electron chi connectivity index (χ4n) is 4.13. The second-order valence-electron chi connectivity index (χ2n) is 6.96. The summed E-state index contributed by atoms with van der Waals surface area (Å²) >= 11 is 1.65. The summed E-state index contributed by atoms with van der Waals surface area (Å²) in [6, 6.07) is 4.34. The summed E-state index contributed by atoms with van der Waals surface area (Å²) < 4.78 is 6.11. The molecular formula is C17H18N2O3S. The molecule has 2 saturated heterocycles. The number of hydrogen-bond acceptors (Lipinski definition) is 4. The van der Waals surface area contributed by atoms with E-state index < -0.39 is 5.60 Å². The molecule has 1 saturated carbocycles. The largest absolute Gasteiger partial charge is 0.360 e. The highest BCUT2D eigenvalue weighted by molar-refractivity contribution is 7.09. The third kappa shape index (κ3) is 2.01. The maximum absolute atomic E-state index is 13.0. The number of nitrogens with one attached hydrogen (secondary N) is 1. The van der Waals surface area contributed by atoms with Crippen molar-refractivity contribution < 1.29 is 14.3 Å². The number of ether oxygens (including phenoxy) is 1. The summed E-state index contributed by atoms with van der Waals surface area (Å²) in [5, 5.41) is 5.07. The number of carbonyl (C=O) groups is 2. The Balaban J connectivity index is 1.41. The number of amides is 2. The predicted molar refractivity (Wildman–Crippen MR) is 84.6 cm³/mol. The Morgan fingerprint density at radius 1 is 1.48 bits per heavy atom. The molecule has 0 radical (unpaired) electrons. The van der Waals surface area contributed by atoms with E-state index in [1.807, 2.05) is 34.6 Å². The summed E-state index contributed by atoms with van der Waals surface area (Å²) in [6.45, 7) is 1.15. The van der Waals surface area contributed by atoms with Crippen molar-refractivity contribution in [2.24, 2.45) is 11.8 Å². The summed E-state index contributed by atoms with van der Waals surface area (Å²) in [5.41, 5.74) is -0.593. The highest BCUT2D eigenvalue weighted by Crippen LogP contribution is 2.52. The smallest absolute Gasteiger partial charge is 0.230 e. The molecule has 2 bridgehead atoms. The van der Waals surface area contributed by atoms with E-state index in [9.17, 15) is 9.59 Å². The van der Waals surface area contributed by atoms with E-state index in [4.69, 9.17) is 4.74 Å². The summed E-state index contributed by atoms with van der Waals surface area (Å²) in [7, 11) is 0.